The van der Waals surface area contributed by atoms with Crippen molar-refractivity contribution < 1.29 is 14.3 Å². The lowest BCUT2D eigenvalue weighted by Gasteiger charge is -2.15. The summed E-state index contributed by atoms with van der Waals surface area (Å²) >= 11 is 1.35. The predicted octanol–water partition coefficient (Wildman–Crippen LogP) is 3.59. The minimum Gasteiger partial charge on any atom is -0.462 e. The standard InChI is InChI=1S/C14H22N2O3SSi/c1-5-19-14(17)12-8-11-13(20-12)15-9-16(11)10-18-6-7-21(2,3)4/h8-9H,5-7,10H2,1-4H3. The Morgan fingerprint density at radius 1 is 1.43 bits per heavy atom. The number of imidazole rings is 1. The Hall–Kier alpha value is -1.18. The molecule has 0 aliphatic heterocycles. The van der Waals surface area contributed by atoms with Gasteiger partial charge in [0, 0.05) is 14.7 Å². The van der Waals surface area contributed by atoms with Gasteiger partial charge in [0.15, 0.2) is 0 Å². The first-order chi connectivity index (χ1) is 9.90. The van der Waals surface area contributed by atoms with Crippen molar-refractivity contribution in [3.05, 3.63) is 17.3 Å². The third kappa shape index (κ3) is 4.39. The second-order valence-corrected chi connectivity index (χ2v) is 12.7. The van der Waals surface area contributed by atoms with E-state index in [0.29, 0.717) is 18.2 Å². The van der Waals surface area contributed by atoms with Crippen LogP contribution >= 0.6 is 11.3 Å². The molecule has 0 radical (unpaired) electrons. The maximum atomic E-state index is 11.7. The number of fused-ring (bicyclic) bond motifs is 1. The van der Waals surface area contributed by atoms with Crippen molar-refractivity contribution in [2.24, 2.45) is 0 Å². The Balaban J connectivity index is 1.99. The summed E-state index contributed by atoms with van der Waals surface area (Å²) in [5.41, 5.74) is 0.927. The number of ether oxygens (including phenoxy) is 2. The molecule has 0 aliphatic carbocycles. The molecule has 0 atom stereocenters. The highest BCUT2D eigenvalue weighted by Crippen LogP contribution is 2.25. The van der Waals surface area contributed by atoms with Gasteiger partial charge in [-0.3, -0.25) is 0 Å². The lowest BCUT2D eigenvalue weighted by atomic mass is 10.4. The number of carbonyl (C=O) groups is 1. The third-order valence-corrected chi connectivity index (χ3v) is 5.74. The van der Waals surface area contributed by atoms with Crippen molar-refractivity contribution in [2.45, 2.75) is 39.3 Å². The topological polar surface area (TPSA) is 53.3 Å². The van der Waals surface area contributed by atoms with Crippen molar-refractivity contribution in [2.75, 3.05) is 13.2 Å². The number of rotatable bonds is 7. The molecule has 2 aromatic rings. The van der Waals surface area contributed by atoms with Crippen molar-refractivity contribution in [1.29, 1.82) is 0 Å². The number of nitrogens with zero attached hydrogens (tertiary/aromatic N) is 2. The molecule has 116 valence electrons. The van der Waals surface area contributed by atoms with Gasteiger partial charge in [-0.15, -0.1) is 11.3 Å². The van der Waals surface area contributed by atoms with Crippen molar-refractivity contribution in [3.8, 4) is 0 Å². The van der Waals surface area contributed by atoms with Crippen molar-refractivity contribution in [1.82, 2.24) is 9.55 Å². The van der Waals surface area contributed by atoms with Crippen LogP contribution in [0.1, 0.15) is 16.6 Å². The number of aromatic nitrogens is 2. The van der Waals surface area contributed by atoms with Crippen LogP contribution < -0.4 is 0 Å². The van der Waals surface area contributed by atoms with Gasteiger partial charge in [0.2, 0.25) is 0 Å². The normalized spacial score (nSPS) is 12.0. The molecule has 0 bridgehead atoms. The van der Waals surface area contributed by atoms with E-state index in [1.54, 1.807) is 13.3 Å². The monoisotopic (exact) mass is 326 g/mol. The van der Waals surface area contributed by atoms with E-state index in [1.165, 1.54) is 11.3 Å². The molecular weight excluding hydrogens is 304 g/mol. The maximum absolute atomic E-state index is 11.7. The van der Waals surface area contributed by atoms with E-state index in [-0.39, 0.29) is 5.97 Å². The molecule has 21 heavy (non-hydrogen) atoms. The van der Waals surface area contributed by atoms with E-state index < -0.39 is 8.07 Å². The largest absolute Gasteiger partial charge is 0.462 e. The summed E-state index contributed by atoms with van der Waals surface area (Å²) in [4.78, 5) is 17.5. The minimum absolute atomic E-state index is 0.285. The van der Waals surface area contributed by atoms with Crippen molar-refractivity contribution >= 4 is 35.7 Å². The molecule has 2 heterocycles. The van der Waals surface area contributed by atoms with Gasteiger partial charge in [-0.25, -0.2) is 9.78 Å². The molecule has 0 aliphatic rings. The van der Waals surface area contributed by atoms with Gasteiger partial charge in [0.05, 0.1) is 18.5 Å². The van der Waals surface area contributed by atoms with E-state index in [2.05, 4.69) is 24.6 Å². The Bertz CT molecular complexity index is 615. The fourth-order valence-electron chi connectivity index (χ4n) is 1.80. The van der Waals surface area contributed by atoms with Crippen molar-refractivity contribution in [3.63, 3.8) is 0 Å². The quantitative estimate of drug-likeness (QED) is 0.443. The molecule has 2 rings (SSSR count). The molecule has 2 aromatic heterocycles. The van der Waals surface area contributed by atoms with Gasteiger partial charge in [0.1, 0.15) is 16.4 Å². The fraction of sp³-hybridized carbons (Fsp3) is 0.571. The highest BCUT2D eigenvalue weighted by Gasteiger charge is 2.15. The zero-order valence-corrected chi connectivity index (χ0v) is 14.8. The zero-order valence-electron chi connectivity index (χ0n) is 13.0. The number of esters is 1. The predicted molar refractivity (Wildman–Crippen MR) is 87.7 cm³/mol. The van der Waals surface area contributed by atoms with Crippen LogP contribution in [-0.2, 0) is 16.2 Å². The van der Waals surface area contributed by atoms with Crippen LogP contribution in [0.25, 0.3) is 10.3 Å². The van der Waals surface area contributed by atoms with Gasteiger partial charge in [-0.05, 0) is 19.0 Å². The molecule has 0 N–H and O–H groups in total. The molecule has 0 saturated heterocycles. The molecule has 0 amide bonds. The lowest BCUT2D eigenvalue weighted by Crippen LogP contribution is -2.21. The highest BCUT2D eigenvalue weighted by molar-refractivity contribution is 7.20. The summed E-state index contributed by atoms with van der Waals surface area (Å²) in [5, 5.41) is 0. The van der Waals surface area contributed by atoms with Crippen LogP contribution in [0.4, 0.5) is 0 Å². The van der Waals surface area contributed by atoms with Crippen LogP contribution in [-0.4, -0.2) is 36.8 Å². The van der Waals surface area contributed by atoms with Crippen LogP contribution in [0.5, 0.6) is 0 Å². The Morgan fingerprint density at radius 2 is 2.19 bits per heavy atom. The minimum atomic E-state index is -1.06. The zero-order chi connectivity index (χ0) is 15.5. The first-order valence-electron chi connectivity index (χ1n) is 7.10. The van der Waals surface area contributed by atoms with Gasteiger partial charge in [-0.2, -0.15) is 0 Å². The van der Waals surface area contributed by atoms with Crippen LogP contribution in [0.2, 0.25) is 25.7 Å². The van der Waals surface area contributed by atoms with Gasteiger partial charge in [0.25, 0.3) is 0 Å². The molecular formula is C14H22N2O3SSi. The van der Waals surface area contributed by atoms with E-state index in [9.17, 15) is 4.79 Å². The van der Waals surface area contributed by atoms with E-state index >= 15 is 0 Å². The van der Waals surface area contributed by atoms with Crippen LogP contribution in [0.3, 0.4) is 0 Å². The molecule has 0 spiro atoms. The second kappa shape index (κ2) is 6.72. The Labute approximate surface area is 129 Å². The number of hydrogen-bond donors (Lipinski definition) is 0. The second-order valence-electron chi connectivity index (χ2n) is 6.08. The first-order valence-corrected chi connectivity index (χ1v) is 11.6. The smallest absolute Gasteiger partial charge is 0.348 e. The summed E-state index contributed by atoms with van der Waals surface area (Å²) in [7, 11) is -1.06. The van der Waals surface area contributed by atoms with E-state index in [4.69, 9.17) is 9.47 Å². The number of carbonyl (C=O) groups excluding carboxylic acids is 1. The van der Waals surface area contributed by atoms with Crippen LogP contribution in [0.15, 0.2) is 12.4 Å². The highest BCUT2D eigenvalue weighted by atomic mass is 32.1. The lowest BCUT2D eigenvalue weighted by molar-refractivity contribution is 0.0532. The van der Waals surface area contributed by atoms with Gasteiger partial charge < -0.3 is 14.0 Å². The average Bonchev–Trinajstić information content (AvgIpc) is 2.94. The molecule has 0 saturated carbocycles. The summed E-state index contributed by atoms with van der Waals surface area (Å²) in [6.07, 6.45) is 1.75. The summed E-state index contributed by atoms with van der Waals surface area (Å²) in [6.45, 7) is 10.4. The molecule has 0 fully saturated rings. The maximum Gasteiger partial charge on any atom is 0.348 e. The van der Waals surface area contributed by atoms with Crippen LogP contribution in [0, 0.1) is 0 Å². The number of thiophene rings is 1. The molecule has 0 aromatic carbocycles. The van der Waals surface area contributed by atoms with Gasteiger partial charge in [-0.1, -0.05) is 19.6 Å². The summed E-state index contributed by atoms with van der Waals surface area (Å²) in [5.74, 6) is -0.285. The summed E-state index contributed by atoms with van der Waals surface area (Å²) in [6, 6.07) is 2.97. The molecule has 7 heteroatoms. The SMILES string of the molecule is CCOC(=O)c1cc2c(ncn2COCC[Si](C)(C)C)s1. The fourth-order valence-corrected chi connectivity index (χ4v) is 3.46. The van der Waals surface area contributed by atoms with Gasteiger partial charge >= 0.3 is 5.97 Å². The average molecular weight is 326 g/mol. The van der Waals surface area contributed by atoms with E-state index in [0.717, 1.165) is 23.0 Å². The Morgan fingerprint density at radius 3 is 2.86 bits per heavy atom. The summed E-state index contributed by atoms with van der Waals surface area (Å²) < 4.78 is 12.7. The molecule has 0 unspecified atom stereocenters. The number of hydrogen-bond acceptors (Lipinski definition) is 5. The Kier molecular flexibility index (Phi) is 5.18. The third-order valence-electron chi connectivity index (χ3n) is 3.02. The first kappa shape index (κ1) is 16.2. The van der Waals surface area contributed by atoms with E-state index in [1.807, 2.05) is 10.6 Å². The molecule has 5 nitrogen and oxygen atoms in total.